The molecular formula is C15H27N3O3. The highest BCUT2D eigenvalue weighted by atomic mass is 16.5. The van der Waals surface area contributed by atoms with E-state index in [9.17, 15) is 9.59 Å². The van der Waals surface area contributed by atoms with Gasteiger partial charge in [-0.05, 0) is 14.1 Å². The first kappa shape index (κ1) is 16.2. The summed E-state index contributed by atoms with van der Waals surface area (Å²) in [7, 11) is 5.80. The third-order valence-electron chi connectivity index (χ3n) is 4.28. The van der Waals surface area contributed by atoms with Crippen molar-refractivity contribution >= 4 is 11.8 Å². The first-order chi connectivity index (χ1) is 9.81. The SMILES string of the molecule is CN(C)CCN1C[C@H](C(=O)N(C)CC2(C)COC2)CC1=O. The van der Waals surface area contributed by atoms with Crippen LogP contribution >= 0.6 is 0 Å². The number of carbonyl (C=O) groups excluding carboxylic acids is 2. The smallest absolute Gasteiger partial charge is 0.227 e. The predicted molar refractivity (Wildman–Crippen MR) is 79.8 cm³/mol. The number of hydrogen-bond acceptors (Lipinski definition) is 4. The summed E-state index contributed by atoms with van der Waals surface area (Å²) in [6, 6.07) is 0. The zero-order valence-electron chi connectivity index (χ0n) is 13.6. The van der Waals surface area contributed by atoms with Crippen LogP contribution in [-0.2, 0) is 14.3 Å². The Hall–Kier alpha value is -1.14. The standard InChI is InChI=1S/C15H27N3O3/c1-15(10-21-11-15)9-17(4)14(20)12-7-13(19)18(8-12)6-5-16(2)3/h12H,5-11H2,1-4H3/t12-/m1/s1. The van der Waals surface area contributed by atoms with Crippen molar-refractivity contribution in [3.05, 3.63) is 0 Å². The lowest BCUT2D eigenvalue weighted by molar-refractivity contribution is -0.145. The van der Waals surface area contributed by atoms with Gasteiger partial charge in [0.2, 0.25) is 11.8 Å². The van der Waals surface area contributed by atoms with Gasteiger partial charge in [-0.25, -0.2) is 0 Å². The maximum absolute atomic E-state index is 12.5. The summed E-state index contributed by atoms with van der Waals surface area (Å²) in [5.74, 6) is -0.000116. The fraction of sp³-hybridized carbons (Fsp3) is 0.867. The van der Waals surface area contributed by atoms with Crippen molar-refractivity contribution in [1.82, 2.24) is 14.7 Å². The second-order valence-electron chi connectivity index (χ2n) is 7.04. The average Bonchev–Trinajstić information content (AvgIpc) is 2.74. The van der Waals surface area contributed by atoms with Gasteiger partial charge in [0, 0.05) is 45.1 Å². The van der Waals surface area contributed by atoms with Gasteiger partial charge in [-0.3, -0.25) is 9.59 Å². The highest BCUT2D eigenvalue weighted by Gasteiger charge is 2.39. The molecular weight excluding hydrogens is 270 g/mol. The third-order valence-corrected chi connectivity index (χ3v) is 4.28. The first-order valence-corrected chi connectivity index (χ1v) is 7.56. The van der Waals surface area contributed by atoms with Gasteiger partial charge in [0.1, 0.15) is 0 Å². The molecule has 0 spiro atoms. The molecule has 2 amide bonds. The zero-order chi connectivity index (χ0) is 15.6. The van der Waals surface area contributed by atoms with Crippen LogP contribution in [0.15, 0.2) is 0 Å². The minimum absolute atomic E-state index is 0.0810. The van der Waals surface area contributed by atoms with E-state index in [1.807, 2.05) is 30.9 Å². The monoisotopic (exact) mass is 297 g/mol. The number of ether oxygens (including phenoxy) is 1. The van der Waals surface area contributed by atoms with Crippen LogP contribution in [0.5, 0.6) is 0 Å². The van der Waals surface area contributed by atoms with Gasteiger partial charge in [0.25, 0.3) is 0 Å². The van der Waals surface area contributed by atoms with E-state index < -0.39 is 0 Å². The minimum atomic E-state index is -0.186. The molecule has 0 bridgehead atoms. The molecule has 0 aromatic carbocycles. The average molecular weight is 297 g/mol. The Kier molecular flexibility index (Phi) is 4.88. The summed E-state index contributed by atoms with van der Waals surface area (Å²) < 4.78 is 5.23. The van der Waals surface area contributed by atoms with Gasteiger partial charge < -0.3 is 19.4 Å². The maximum Gasteiger partial charge on any atom is 0.227 e. The van der Waals surface area contributed by atoms with E-state index in [2.05, 4.69) is 6.92 Å². The van der Waals surface area contributed by atoms with Crippen LogP contribution in [0.4, 0.5) is 0 Å². The van der Waals surface area contributed by atoms with Crippen LogP contribution in [0.1, 0.15) is 13.3 Å². The molecule has 2 saturated heterocycles. The number of likely N-dealkylation sites (N-methyl/N-ethyl adjacent to an activating group) is 1. The van der Waals surface area contributed by atoms with E-state index in [-0.39, 0.29) is 23.1 Å². The summed E-state index contributed by atoms with van der Waals surface area (Å²) in [5.41, 5.74) is 0.0810. The van der Waals surface area contributed by atoms with Crippen molar-refractivity contribution in [3.8, 4) is 0 Å². The van der Waals surface area contributed by atoms with Gasteiger partial charge in [0.05, 0.1) is 19.1 Å². The van der Waals surface area contributed by atoms with Crippen molar-refractivity contribution in [3.63, 3.8) is 0 Å². The van der Waals surface area contributed by atoms with Crippen molar-refractivity contribution in [2.24, 2.45) is 11.3 Å². The maximum atomic E-state index is 12.5. The van der Waals surface area contributed by atoms with E-state index in [0.717, 1.165) is 6.54 Å². The van der Waals surface area contributed by atoms with E-state index in [1.54, 1.807) is 4.90 Å². The first-order valence-electron chi connectivity index (χ1n) is 7.56. The largest absolute Gasteiger partial charge is 0.380 e. The van der Waals surface area contributed by atoms with E-state index in [4.69, 9.17) is 4.74 Å². The van der Waals surface area contributed by atoms with Gasteiger partial charge in [-0.15, -0.1) is 0 Å². The summed E-state index contributed by atoms with van der Waals surface area (Å²) in [6.07, 6.45) is 0.351. The molecule has 2 aliphatic heterocycles. The van der Waals surface area contributed by atoms with Crippen molar-refractivity contribution in [1.29, 1.82) is 0 Å². The van der Waals surface area contributed by atoms with Gasteiger partial charge >= 0.3 is 0 Å². The third kappa shape index (κ3) is 3.95. The number of hydrogen-bond donors (Lipinski definition) is 0. The van der Waals surface area contributed by atoms with E-state index in [0.29, 0.717) is 39.3 Å². The van der Waals surface area contributed by atoms with Crippen molar-refractivity contribution < 1.29 is 14.3 Å². The lowest BCUT2D eigenvalue weighted by atomic mass is 9.88. The molecule has 0 aliphatic carbocycles. The summed E-state index contributed by atoms with van der Waals surface area (Å²) in [4.78, 5) is 30.1. The number of amides is 2. The van der Waals surface area contributed by atoms with Crippen molar-refractivity contribution in [2.75, 3.05) is 60.5 Å². The molecule has 0 radical (unpaired) electrons. The predicted octanol–water partition coefficient (Wildman–Crippen LogP) is -0.109. The molecule has 1 atom stereocenters. The Balaban J connectivity index is 1.84. The lowest BCUT2D eigenvalue weighted by Crippen LogP contribution is -2.50. The highest BCUT2D eigenvalue weighted by Crippen LogP contribution is 2.28. The van der Waals surface area contributed by atoms with Crippen LogP contribution in [-0.4, -0.2) is 87.0 Å². The number of rotatable bonds is 6. The second kappa shape index (κ2) is 6.32. The fourth-order valence-corrected chi connectivity index (χ4v) is 2.98. The molecule has 2 rings (SSSR count). The van der Waals surface area contributed by atoms with Crippen molar-refractivity contribution in [2.45, 2.75) is 13.3 Å². The van der Waals surface area contributed by atoms with Crippen LogP contribution in [0, 0.1) is 11.3 Å². The molecule has 6 heteroatoms. The lowest BCUT2D eigenvalue weighted by Gasteiger charge is -2.41. The van der Waals surface area contributed by atoms with Crippen LogP contribution in [0.2, 0.25) is 0 Å². The fourth-order valence-electron chi connectivity index (χ4n) is 2.98. The molecule has 120 valence electrons. The van der Waals surface area contributed by atoms with Crippen LogP contribution in [0.25, 0.3) is 0 Å². The minimum Gasteiger partial charge on any atom is -0.380 e. The quantitative estimate of drug-likeness (QED) is 0.686. The number of carbonyl (C=O) groups is 2. The Morgan fingerprint density at radius 1 is 1.38 bits per heavy atom. The summed E-state index contributed by atoms with van der Waals surface area (Å²) in [5, 5.41) is 0. The molecule has 0 N–H and O–H groups in total. The molecule has 0 saturated carbocycles. The molecule has 0 aromatic heterocycles. The van der Waals surface area contributed by atoms with Crippen LogP contribution in [0.3, 0.4) is 0 Å². The van der Waals surface area contributed by atoms with E-state index in [1.165, 1.54) is 0 Å². The topological polar surface area (TPSA) is 53.1 Å². The molecule has 0 unspecified atom stereocenters. The van der Waals surface area contributed by atoms with Gasteiger partial charge in [0.15, 0.2) is 0 Å². The Morgan fingerprint density at radius 2 is 2.05 bits per heavy atom. The molecule has 2 fully saturated rings. The molecule has 21 heavy (non-hydrogen) atoms. The Morgan fingerprint density at radius 3 is 2.57 bits per heavy atom. The number of nitrogens with zero attached hydrogens (tertiary/aromatic N) is 3. The molecule has 6 nitrogen and oxygen atoms in total. The van der Waals surface area contributed by atoms with Gasteiger partial charge in [-0.1, -0.05) is 6.92 Å². The van der Waals surface area contributed by atoms with E-state index >= 15 is 0 Å². The molecule has 2 heterocycles. The number of likely N-dealkylation sites (tertiary alicyclic amines) is 1. The zero-order valence-corrected chi connectivity index (χ0v) is 13.6. The summed E-state index contributed by atoms with van der Waals surface area (Å²) >= 11 is 0. The Bertz CT molecular complexity index is 407. The Labute approximate surface area is 127 Å². The molecule has 2 aliphatic rings. The molecule has 0 aromatic rings. The van der Waals surface area contributed by atoms with Gasteiger partial charge in [-0.2, -0.15) is 0 Å². The normalized spacial score (nSPS) is 24.3. The summed E-state index contributed by atoms with van der Waals surface area (Å²) in [6.45, 7) is 6.34. The highest BCUT2D eigenvalue weighted by molar-refractivity contribution is 5.89. The van der Waals surface area contributed by atoms with Crippen LogP contribution < -0.4 is 0 Å². The second-order valence-corrected chi connectivity index (χ2v) is 7.04.